The Hall–Kier alpha value is -1.26. The summed E-state index contributed by atoms with van der Waals surface area (Å²) in [5, 5.41) is 0.581. The molecule has 0 radical (unpaired) electrons. The number of hydrogen-bond donors (Lipinski definition) is 2. The molecular weight excluding hydrogens is 250 g/mol. The number of carbonyl (C=O) groups excluding carboxylic acids is 1. The zero-order chi connectivity index (χ0) is 13.1. The summed E-state index contributed by atoms with van der Waals surface area (Å²) < 4.78 is 0. The van der Waals surface area contributed by atoms with Crippen molar-refractivity contribution in [1.82, 2.24) is 0 Å². The zero-order valence-corrected chi connectivity index (χ0v) is 11.0. The molecule has 1 heterocycles. The van der Waals surface area contributed by atoms with Crippen LogP contribution in [0.15, 0.2) is 18.2 Å². The first kappa shape index (κ1) is 13.2. The minimum Gasteiger partial charge on any atom is -0.370 e. The standard InChI is InChI=1S/C13H18ClN3O/c14-11-7-10(13(16)18)1-2-12(11)17-5-3-9(8-15)4-6-17/h1-2,7,9H,3-6,8,15H2,(H2,16,18). The lowest BCUT2D eigenvalue weighted by Gasteiger charge is -2.33. The zero-order valence-electron chi connectivity index (χ0n) is 10.2. The van der Waals surface area contributed by atoms with Crippen LogP contribution in [-0.2, 0) is 0 Å². The van der Waals surface area contributed by atoms with E-state index in [4.69, 9.17) is 23.1 Å². The van der Waals surface area contributed by atoms with Gasteiger partial charge in [0.1, 0.15) is 0 Å². The van der Waals surface area contributed by atoms with Gasteiger partial charge in [-0.25, -0.2) is 0 Å². The molecule has 0 aliphatic carbocycles. The Labute approximate surface area is 112 Å². The number of nitrogens with two attached hydrogens (primary N) is 2. The minimum absolute atomic E-state index is 0.445. The van der Waals surface area contributed by atoms with E-state index in [1.807, 2.05) is 6.07 Å². The smallest absolute Gasteiger partial charge is 0.248 e. The quantitative estimate of drug-likeness (QED) is 0.874. The van der Waals surface area contributed by atoms with Crippen LogP contribution in [0.3, 0.4) is 0 Å². The van der Waals surface area contributed by atoms with Crippen LogP contribution in [0.5, 0.6) is 0 Å². The van der Waals surface area contributed by atoms with Crippen molar-refractivity contribution in [2.45, 2.75) is 12.8 Å². The van der Waals surface area contributed by atoms with Crippen LogP contribution in [0.2, 0.25) is 5.02 Å². The van der Waals surface area contributed by atoms with Gasteiger partial charge >= 0.3 is 0 Å². The van der Waals surface area contributed by atoms with E-state index in [1.54, 1.807) is 12.1 Å². The van der Waals surface area contributed by atoms with Gasteiger partial charge in [-0.3, -0.25) is 4.79 Å². The second-order valence-corrected chi connectivity index (χ2v) is 5.10. The Morgan fingerprint density at radius 3 is 2.56 bits per heavy atom. The number of hydrogen-bond acceptors (Lipinski definition) is 3. The molecule has 0 spiro atoms. The average molecular weight is 268 g/mol. The molecule has 1 aromatic carbocycles. The molecule has 5 heteroatoms. The third-order valence-electron chi connectivity index (χ3n) is 3.52. The highest BCUT2D eigenvalue weighted by molar-refractivity contribution is 6.33. The van der Waals surface area contributed by atoms with Crippen molar-refractivity contribution in [2.75, 3.05) is 24.5 Å². The average Bonchev–Trinajstić information content (AvgIpc) is 2.38. The van der Waals surface area contributed by atoms with Gasteiger partial charge < -0.3 is 16.4 Å². The van der Waals surface area contributed by atoms with Crippen LogP contribution in [0.4, 0.5) is 5.69 Å². The number of rotatable bonds is 3. The first-order chi connectivity index (χ1) is 8.61. The van der Waals surface area contributed by atoms with Gasteiger partial charge in [-0.15, -0.1) is 0 Å². The molecule has 0 saturated carbocycles. The normalized spacial score (nSPS) is 16.9. The second-order valence-electron chi connectivity index (χ2n) is 4.70. The number of benzene rings is 1. The Bertz CT molecular complexity index is 442. The molecule has 0 atom stereocenters. The van der Waals surface area contributed by atoms with E-state index in [2.05, 4.69) is 4.90 Å². The number of halogens is 1. The molecule has 1 aliphatic rings. The Kier molecular flexibility index (Phi) is 4.09. The Morgan fingerprint density at radius 1 is 1.39 bits per heavy atom. The number of piperidine rings is 1. The summed E-state index contributed by atoms with van der Waals surface area (Å²) in [5.41, 5.74) is 12.3. The summed E-state index contributed by atoms with van der Waals surface area (Å²) in [7, 11) is 0. The topological polar surface area (TPSA) is 72.3 Å². The van der Waals surface area contributed by atoms with Crippen molar-refractivity contribution in [1.29, 1.82) is 0 Å². The number of anilines is 1. The number of nitrogens with zero attached hydrogens (tertiary/aromatic N) is 1. The van der Waals surface area contributed by atoms with Gasteiger partial charge in [-0.05, 0) is 43.5 Å². The predicted octanol–water partition coefficient (Wildman–Crippen LogP) is 1.61. The van der Waals surface area contributed by atoms with Crippen molar-refractivity contribution < 1.29 is 4.79 Å². The fourth-order valence-corrected chi connectivity index (χ4v) is 2.63. The number of carbonyl (C=O) groups is 1. The first-order valence-electron chi connectivity index (χ1n) is 6.16. The molecule has 2 rings (SSSR count). The summed E-state index contributed by atoms with van der Waals surface area (Å²) in [5.74, 6) is 0.162. The summed E-state index contributed by atoms with van der Waals surface area (Å²) in [4.78, 5) is 13.3. The fraction of sp³-hybridized carbons (Fsp3) is 0.462. The number of amides is 1. The SMILES string of the molecule is NCC1CCN(c2ccc(C(N)=O)cc2Cl)CC1. The van der Waals surface area contributed by atoms with Crippen molar-refractivity contribution in [3.8, 4) is 0 Å². The van der Waals surface area contributed by atoms with Gasteiger partial charge in [0.05, 0.1) is 10.7 Å². The summed E-state index contributed by atoms with van der Waals surface area (Å²) in [6, 6.07) is 5.22. The predicted molar refractivity (Wildman–Crippen MR) is 74.0 cm³/mol. The molecule has 4 N–H and O–H groups in total. The molecule has 1 amide bonds. The van der Waals surface area contributed by atoms with E-state index in [1.165, 1.54) is 0 Å². The highest BCUT2D eigenvalue weighted by Gasteiger charge is 2.20. The van der Waals surface area contributed by atoms with Crippen LogP contribution in [-0.4, -0.2) is 25.5 Å². The molecule has 1 aliphatic heterocycles. The molecule has 0 aromatic heterocycles. The first-order valence-corrected chi connectivity index (χ1v) is 6.54. The van der Waals surface area contributed by atoms with Crippen LogP contribution in [0, 0.1) is 5.92 Å². The Morgan fingerprint density at radius 2 is 2.06 bits per heavy atom. The van der Waals surface area contributed by atoms with Crippen molar-refractivity contribution in [3.63, 3.8) is 0 Å². The van der Waals surface area contributed by atoms with Gasteiger partial charge in [0.15, 0.2) is 0 Å². The maximum atomic E-state index is 11.1. The third-order valence-corrected chi connectivity index (χ3v) is 3.82. The summed E-state index contributed by atoms with van der Waals surface area (Å²) >= 11 is 6.20. The van der Waals surface area contributed by atoms with E-state index in [9.17, 15) is 4.79 Å². The summed E-state index contributed by atoms with van der Waals surface area (Å²) in [6.07, 6.45) is 2.18. The summed E-state index contributed by atoms with van der Waals surface area (Å²) in [6.45, 7) is 2.66. The van der Waals surface area contributed by atoms with Gasteiger partial charge in [0.25, 0.3) is 0 Å². The molecule has 1 aromatic rings. The van der Waals surface area contributed by atoms with Gasteiger partial charge in [0, 0.05) is 18.7 Å². The molecule has 0 bridgehead atoms. The van der Waals surface area contributed by atoms with E-state index < -0.39 is 5.91 Å². The highest BCUT2D eigenvalue weighted by Crippen LogP contribution is 2.30. The van der Waals surface area contributed by atoms with E-state index in [0.717, 1.165) is 38.2 Å². The molecule has 4 nitrogen and oxygen atoms in total. The Balaban J connectivity index is 2.12. The maximum Gasteiger partial charge on any atom is 0.248 e. The molecule has 0 unspecified atom stereocenters. The van der Waals surface area contributed by atoms with Crippen LogP contribution < -0.4 is 16.4 Å². The largest absolute Gasteiger partial charge is 0.370 e. The van der Waals surface area contributed by atoms with Crippen molar-refractivity contribution in [3.05, 3.63) is 28.8 Å². The molecule has 18 heavy (non-hydrogen) atoms. The maximum absolute atomic E-state index is 11.1. The highest BCUT2D eigenvalue weighted by atomic mass is 35.5. The van der Waals surface area contributed by atoms with Crippen LogP contribution in [0.25, 0.3) is 0 Å². The lowest BCUT2D eigenvalue weighted by Crippen LogP contribution is -2.36. The minimum atomic E-state index is -0.453. The van der Waals surface area contributed by atoms with Gasteiger partial charge in [0.2, 0.25) is 5.91 Å². The van der Waals surface area contributed by atoms with E-state index in [-0.39, 0.29) is 0 Å². The molecular formula is C13H18ClN3O. The second kappa shape index (κ2) is 5.59. The third kappa shape index (κ3) is 2.76. The van der Waals surface area contributed by atoms with E-state index in [0.29, 0.717) is 16.5 Å². The molecule has 1 saturated heterocycles. The lowest BCUT2D eigenvalue weighted by atomic mass is 9.96. The van der Waals surface area contributed by atoms with Crippen LogP contribution >= 0.6 is 11.6 Å². The van der Waals surface area contributed by atoms with Crippen LogP contribution in [0.1, 0.15) is 23.2 Å². The van der Waals surface area contributed by atoms with Crippen molar-refractivity contribution in [2.24, 2.45) is 17.4 Å². The molecule has 1 fully saturated rings. The van der Waals surface area contributed by atoms with Gasteiger partial charge in [-0.2, -0.15) is 0 Å². The molecule has 98 valence electrons. The van der Waals surface area contributed by atoms with Crippen molar-refractivity contribution >= 4 is 23.2 Å². The van der Waals surface area contributed by atoms with E-state index >= 15 is 0 Å². The fourth-order valence-electron chi connectivity index (χ4n) is 2.33. The lowest BCUT2D eigenvalue weighted by molar-refractivity contribution is 0.100. The van der Waals surface area contributed by atoms with Gasteiger partial charge in [-0.1, -0.05) is 11.6 Å². The number of primary amides is 1. The monoisotopic (exact) mass is 267 g/mol.